The van der Waals surface area contributed by atoms with Gasteiger partial charge in [-0.1, -0.05) is 6.92 Å². The van der Waals surface area contributed by atoms with Gasteiger partial charge in [-0.15, -0.1) is 0 Å². The second-order valence-electron chi connectivity index (χ2n) is 6.27. The Balaban J connectivity index is 2.01. The summed E-state index contributed by atoms with van der Waals surface area (Å²) >= 11 is 0. The Kier molecular flexibility index (Phi) is 5.62. The molecule has 2 N–H and O–H groups in total. The van der Waals surface area contributed by atoms with Gasteiger partial charge in [0.2, 0.25) is 10.0 Å². The summed E-state index contributed by atoms with van der Waals surface area (Å²) in [6, 6.07) is 2.48. The van der Waals surface area contributed by atoms with Crippen LogP contribution in [0.3, 0.4) is 0 Å². The quantitative estimate of drug-likeness (QED) is 0.774. The fraction of sp³-hybridized carbons (Fsp3) is 0.562. The molecular formula is C16H23FN2O4S. The van der Waals surface area contributed by atoms with Crippen molar-refractivity contribution in [3.63, 3.8) is 0 Å². The van der Waals surface area contributed by atoms with Crippen LogP contribution in [0.4, 0.5) is 4.39 Å². The molecule has 1 aromatic rings. The van der Waals surface area contributed by atoms with Gasteiger partial charge >= 0.3 is 5.97 Å². The standard InChI is InChI=1S/C16H23FN2O4S/c1-4-19(9-15(20)21)13-7-12(8-13)18-24(22,23)14-5-10(2)16(17)11(3)6-14/h5-6,12-13,18H,4,7-9H2,1-3H3,(H,20,21). The highest BCUT2D eigenvalue weighted by Crippen LogP contribution is 2.27. The lowest BCUT2D eigenvalue weighted by molar-refractivity contribution is -0.139. The highest BCUT2D eigenvalue weighted by Gasteiger charge is 2.36. The molecule has 1 aliphatic rings. The molecule has 0 aliphatic heterocycles. The van der Waals surface area contributed by atoms with E-state index in [0.29, 0.717) is 30.5 Å². The third-order valence-corrected chi connectivity index (χ3v) is 5.92. The number of carboxylic acid groups (broad SMARTS) is 1. The van der Waals surface area contributed by atoms with Gasteiger partial charge in [-0.25, -0.2) is 17.5 Å². The number of rotatable bonds is 7. The van der Waals surface area contributed by atoms with Crippen LogP contribution in [-0.2, 0) is 14.8 Å². The van der Waals surface area contributed by atoms with Crippen molar-refractivity contribution in [3.05, 3.63) is 29.1 Å². The summed E-state index contributed by atoms with van der Waals surface area (Å²) in [5.41, 5.74) is 0.584. The highest BCUT2D eigenvalue weighted by atomic mass is 32.2. The smallest absolute Gasteiger partial charge is 0.317 e. The van der Waals surface area contributed by atoms with Crippen molar-refractivity contribution >= 4 is 16.0 Å². The SMILES string of the molecule is CCN(CC(=O)O)C1CC(NS(=O)(=O)c2cc(C)c(F)c(C)c2)C1. The van der Waals surface area contributed by atoms with Gasteiger partial charge in [0, 0.05) is 12.1 Å². The molecule has 1 saturated carbocycles. The summed E-state index contributed by atoms with van der Waals surface area (Å²) in [6.07, 6.45) is 1.14. The summed E-state index contributed by atoms with van der Waals surface area (Å²) in [7, 11) is -3.71. The number of carboxylic acids is 1. The van der Waals surface area contributed by atoms with E-state index in [1.165, 1.54) is 26.0 Å². The van der Waals surface area contributed by atoms with E-state index in [0.717, 1.165) is 0 Å². The molecule has 1 aromatic carbocycles. The van der Waals surface area contributed by atoms with E-state index >= 15 is 0 Å². The molecule has 24 heavy (non-hydrogen) atoms. The van der Waals surface area contributed by atoms with Crippen LogP contribution in [0.25, 0.3) is 0 Å². The number of hydrogen-bond donors (Lipinski definition) is 2. The van der Waals surface area contributed by atoms with E-state index in [4.69, 9.17) is 5.11 Å². The molecule has 0 heterocycles. The highest BCUT2D eigenvalue weighted by molar-refractivity contribution is 7.89. The summed E-state index contributed by atoms with van der Waals surface area (Å²) in [5.74, 6) is -1.29. The van der Waals surface area contributed by atoms with Crippen molar-refractivity contribution in [2.75, 3.05) is 13.1 Å². The first-order valence-corrected chi connectivity index (χ1v) is 9.37. The number of halogens is 1. The van der Waals surface area contributed by atoms with Crippen molar-refractivity contribution in [1.29, 1.82) is 0 Å². The number of benzene rings is 1. The first-order valence-electron chi connectivity index (χ1n) is 7.89. The number of aryl methyl sites for hydroxylation is 2. The second-order valence-corrected chi connectivity index (χ2v) is 7.99. The number of aliphatic carboxylic acids is 1. The number of nitrogens with zero attached hydrogens (tertiary/aromatic N) is 1. The zero-order chi connectivity index (χ0) is 18.1. The third kappa shape index (κ3) is 4.12. The fourth-order valence-electron chi connectivity index (χ4n) is 3.00. The largest absolute Gasteiger partial charge is 0.480 e. The number of nitrogens with one attached hydrogen (secondary N) is 1. The predicted octanol–water partition coefficient (Wildman–Crippen LogP) is 1.66. The first kappa shape index (κ1) is 18.8. The molecule has 0 spiro atoms. The Bertz CT molecular complexity index is 707. The Hall–Kier alpha value is -1.51. The summed E-state index contributed by atoms with van der Waals surface area (Å²) in [6.45, 7) is 5.51. The Morgan fingerprint density at radius 1 is 1.33 bits per heavy atom. The normalized spacial score (nSPS) is 20.9. The van der Waals surface area contributed by atoms with E-state index in [1.807, 2.05) is 11.8 Å². The maximum atomic E-state index is 13.7. The van der Waals surface area contributed by atoms with Gasteiger partial charge in [0.1, 0.15) is 5.82 Å². The lowest BCUT2D eigenvalue weighted by atomic mass is 9.86. The topological polar surface area (TPSA) is 86.7 Å². The van der Waals surface area contributed by atoms with Crippen LogP contribution in [0.2, 0.25) is 0 Å². The average Bonchev–Trinajstić information content (AvgIpc) is 2.45. The van der Waals surface area contributed by atoms with Crippen molar-refractivity contribution in [3.8, 4) is 0 Å². The fourth-order valence-corrected chi connectivity index (χ4v) is 4.44. The molecule has 1 aliphatic carbocycles. The third-order valence-electron chi connectivity index (χ3n) is 4.42. The van der Waals surface area contributed by atoms with Crippen LogP contribution in [0, 0.1) is 19.7 Å². The van der Waals surface area contributed by atoms with Crippen molar-refractivity contribution in [1.82, 2.24) is 9.62 Å². The van der Waals surface area contributed by atoms with E-state index in [1.54, 1.807) is 0 Å². The van der Waals surface area contributed by atoms with Crippen LogP contribution in [-0.4, -0.2) is 49.6 Å². The molecule has 0 bridgehead atoms. The van der Waals surface area contributed by atoms with Gasteiger partial charge < -0.3 is 5.11 Å². The molecule has 8 heteroatoms. The minimum absolute atomic E-state index is 0.0447. The van der Waals surface area contributed by atoms with E-state index in [9.17, 15) is 17.6 Å². The van der Waals surface area contributed by atoms with Gasteiger partial charge in [-0.3, -0.25) is 9.69 Å². The Morgan fingerprint density at radius 3 is 2.33 bits per heavy atom. The van der Waals surface area contributed by atoms with Crippen LogP contribution < -0.4 is 4.72 Å². The van der Waals surface area contributed by atoms with Crippen LogP contribution in [0.15, 0.2) is 17.0 Å². The number of likely N-dealkylation sites (N-methyl/N-ethyl adjacent to an activating group) is 1. The summed E-state index contributed by atoms with van der Waals surface area (Å²) in [4.78, 5) is 12.7. The maximum absolute atomic E-state index is 13.7. The summed E-state index contributed by atoms with van der Waals surface area (Å²) < 4.78 is 41.1. The second kappa shape index (κ2) is 7.16. The maximum Gasteiger partial charge on any atom is 0.317 e. The zero-order valence-corrected chi connectivity index (χ0v) is 14.9. The molecule has 1 fully saturated rings. The molecule has 0 radical (unpaired) electrons. The molecule has 6 nitrogen and oxygen atoms in total. The zero-order valence-electron chi connectivity index (χ0n) is 14.0. The van der Waals surface area contributed by atoms with Gasteiger partial charge in [0.25, 0.3) is 0 Å². The molecule has 134 valence electrons. The Morgan fingerprint density at radius 2 is 1.88 bits per heavy atom. The van der Waals surface area contributed by atoms with Crippen LogP contribution in [0.1, 0.15) is 30.9 Å². The van der Waals surface area contributed by atoms with Crippen LogP contribution in [0.5, 0.6) is 0 Å². The van der Waals surface area contributed by atoms with Crippen molar-refractivity contribution < 1.29 is 22.7 Å². The molecule has 0 saturated heterocycles. The minimum atomic E-state index is -3.71. The molecule has 0 amide bonds. The van der Waals surface area contributed by atoms with Gasteiger partial charge in [0.15, 0.2) is 0 Å². The van der Waals surface area contributed by atoms with E-state index in [-0.39, 0.29) is 23.5 Å². The van der Waals surface area contributed by atoms with E-state index < -0.39 is 21.8 Å². The molecule has 0 aromatic heterocycles. The average molecular weight is 358 g/mol. The monoisotopic (exact) mass is 358 g/mol. The molecule has 0 unspecified atom stereocenters. The first-order chi connectivity index (χ1) is 11.1. The Labute approximate surface area is 141 Å². The van der Waals surface area contributed by atoms with Gasteiger partial charge in [-0.2, -0.15) is 0 Å². The van der Waals surface area contributed by atoms with E-state index in [2.05, 4.69) is 4.72 Å². The predicted molar refractivity (Wildman–Crippen MR) is 87.9 cm³/mol. The molecule has 2 rings (SSSR count). The van der Waals surface area contributed by atoms with Gasteiger partial charge in [0.05, 0.1) is 11.4 Å². The van der Waals surface area contributed by atoms with Crippen LogP contribution >= 0.6 is 0 Å². The number of carbonyl (C=O) groups is 1. The lowest BCUT2D eigenvalue weighted by Crippen LogP contribution is -2.54. The number of hydrogen-bond acceptors (Lipinski definition) is 4. The minimum Gasteiger partial charge on any atom is -0.480 e. The number of sulfonamides is 1. The lowest BCUT2D eigenvalue weighted by Gasteiger charge is -2.42. The van der Waals surface area contributed by atoms with Gasteiger partial charge in [-0.05, 0) is 56.5 Å². The molecule has 0 atom stereocenters. The summed E-state index contributed by atoms with van der Waals surface area (Å²) in [5, 5.41) is 8.88. The molecular weight excluding hydrogens is 335 g/mol. The van der Waals surface area contributed by atoms with Crippen molar-refractivity contribution in [2.45, 2.75) is 50.6 Å². The van der Waals surface area contributed by atoms with Crippen molar-refractivity contribution in [2.24, 2.45) is 0 Å².